The zero-order valence-corrected chi connectivity index (χ0v) is 14.7. The van der Waals surface area contributed by atoms with E-state index in [9.17, 15) is 9.59 Å². The van der Waals surface area contributed by atoms with E-state index in [1.54, 1.807) is 22.8 Å². The number of carbonyl (C=O) groups excluding carboxylic acids is 1. The molecule has 0 saturated carbocycles. The Morgan fingerprint density at radius 2 is 2.08 bits per heavy atom. The smallest absolute Gasteiger partial charge is 0.408 e. The molecule has 2 rings (SSSR count). The van der Waals surface area contributed by atoms with Crippen molar-refractivity contribution in [3.05, 3.63) is 28.7 Å². The molecule has 1 heterocycles. The summed E-state index contributed by atoms with van der Waals surface area (Å²) in [4.78, 5) is 26.1. The summed E-state index contributed by atoms with van der Waals surface area (Å²) in [7, 11) is 3.88. The molecule has 1 amide bonds. The van der Waals surface area contributed by atoms with Crippen LogP contribution in [-0.4, -0.2) is 42.1 Å². The van der Waals surface area contributed by atoms with Crippen molar-refractivity contribution in [1.29, 1.82) is 0 Å². The average Bonchev–Trinajstić information content (AvgIpc) is 2.79. The largest absolute Gasteiger partial charge is 0.419 e. The third-order valence-electron chi connectivity index (χ3n) is 3.77. The van der Waals surface area contributed by atoms with E-state index in [1.165, 1.54) is 0 Å². The normalized spacial score (nSPS) is 13.0. The van der Waals surface area contributed by atoms with Crippen molar-refractivity contribution in [3.8, 4) is 0 Å². The number of fused-ring (bicyclic) bond motifs is 1. The van der Waals surface area contributed by atoms with E-state index in [0.717, 1.165) is 0 Å². The molecule has 0 aliphatic carbocycles. The van der Waals surface area contributed by atoms with Crippen LogP contribution in [0.2, 0.25) is 0 Å². The topological polar surface area (TPSA) is 93.5 Å². The van der Waals surface area contributed by atoms with Gasteiger partial charge in [0.2, 0.25) is 5.91 Å². The van der Waals surface area contributed by atoms with Gasteiger partial charge < -0.3 is 20.4 Å². The van der Waals surface area contributed by atoms with Gasteiger partial charge in [-0.2, -0.15) is 0 Å². The first-order valence-corrected chi connectivity index (χ1v) is 8.12. The van der Waals surface area contributed by atoms with Crippen molar-refractivity contribution in [1.82, 2.24) is 9.47 Å². The average molecular weight is 334 g/mol. The molecule has 7 nitrogen and oxygen atoms in total. The quantitative estimate of drug-likeness (QED) is 0.800. The summed E-state index contributed by atoms with van der Waals surface area (Å²) >= 11 is 0. The van der Waals surface area contributed by atoms with Crippen molar-refractivity contribution < 1.29 is 9.21 Å². The maximum atomic E-state index is 12.2. The Hall–Kier alpha value is -2.12. The summed E-state index contributed by atoms with van der Waals surface area (Å²) in [5, 5.41) is 2.81. The Balaban J connectivity index is 2.22. The third kappa shape index (κ3) is 4.46. The molecule has 0 saturated heterocycles. The molecular formula is C17H26N4O3. The number of amides is 1. The monoisotopic (exact) mass is 334 g/mol. The minimum absolute atomic E-state index is 0.228. The van der Waals surface area contributed by atoms with Crippen LogP contribution in [0.15, 0.2) is 27.4 Å². The molecular weight excluding hydrogens is 308 g/mol. The van der Waals surface area contributed by atoms with Crippen LogP contribution in [0, 0.1) is 5.92 Å². The van der Waals surface area contributed by atoms with E-state index in [1.807, 2.05) is 32.8 Å². The fourth-order valence-electron chi connectivity index (χ4n) is 2.50. The summed E-state index contributed by atoms with van der Waals surface area (Å²) < 4.78 is 6.81. The molecule has 0 aliphatic rings. The molecule has 7 heteroatoms. The van der Waals surface area contributed by atoms with Crippen LogP contribution in [-0.2, 0) is 11.3 Å². The van der Waals surface area contributed by atoms with Crippen LogP contribution in [0.4, 0.5) is 5.69 Å². The number of aromatic nitrogens is 1. The first-order chi connectivity index (χ1) is 11.3. The van der Waals surface area contributed by atoms with Gasteiger partial charge in [-0.1, -0.05) is 13.8 Å². The third-order valence-corrected chi connectivity index (χ3v) is 3.77. The predicted octanol–water partition coefficient (Wildman–Crippen LogP) is 1.47. The molecule has 0 aliphatic heterocycles. The van der Waals surface area contributed by atoms with Gasteiger partial charge in [0, 0.05) is 18.8 Å². The SMILES string of the molecule is CC(C)C[C@H](N)C(=O)Nc1ccc2oc(=O)n(CCN(C)C)c2c1. The summed E-state index contributed by atoms with van der Waals surface area (Å²) in [6.45, 7) is 5.27. The van der Waals surface area contributed by atoms with Crippen molar-refractivity contribution >= 4 is 22.7 Å². The molecule has 2 aromatic rings. The number of hydrogen-bond donors (Lipinski definition) is 2. The molecule has 1 aromatic carbocycles. The molecule has 132 valence electrons. The second kappa shape index (κ2) is 7.63. The molecule has 0 bridgehead atoms. The number of oxazole rings is 1. The lowest BCUT2D eigenvalue weighted by Gasteiger charge is -2.14. The van der Waals surface area contributed by atoms with Crippen LogP contribution in [0.3, 0.4) is 0 Å². The van der Waals surface area contributed by atoms with Crippen molar-refractivity contribution in [2.45, 2.75) is 32.9 Å². The summed E-state index contributed by atoms with van der Waals surface area (Å²) in [5.41, 5.74) is 7.67. The van der Waals surface area contributed by atoms with Crippen LogP contribution in [0.5, 0.6) is 0 Å². The van der Waals surface area contributed by atoms with E-state index in [-0.39, 0.29) is 5.91 Å². The molecule has 0 radical (unpaired) electrons. The minimum atomic E-state index is -0.555. The maximum Gasteiger partial charge on any atom is 0.419 e. The Bertz CT molecular complexity index is 761. The number of nitrogens with zero attached hydrogens (tertiary/aromatic N) is 2. The highest BCUT2D eigenvalue weighted by molar-refractivity contribution is 5.96. The fourth-order valence-corrected chi connectivity index (χ4v) is 2.50. The summed E-state index contributed by atoms with van der Waals surface area (Å²) in [6.07, 6.45) is 0.618. The molecule has 0 unspecified atom stereocenters. The zero-order chi connectivity index (χ0) is 17.9. The van der Waals surface area contributed by atoms with Crippen LogP contribution < -0.4 is 16.8 Å². The highest BCUT2D eigenvalue weighted by Crippen LogP contribution is 2.19. The lowest BCUT2D eigenvalue weighted by molar-refractivity contribution is -0.117. The number of anilines is 1. The lowest BCUT2D eigenvalue weighted by Crippen LogP contribution is -2.36. The molecule has 1 aromatic heterocycles. The number of nitrogens with one attached hydrogen (secondary N) is 1. The molecule has 24 heavy (non-hydrogen) atoms. The highest BCUT2D eigenvalue weighted by Gasteiger charge is 2.16. The van der Waals surface area contributed by atoms with Gasteiger partial charge >= 0.3 is 5.76 Å². The van der Waals surface area contributed by atoms with Crippen LogP contribution >= 0.6 is 0 Å². The van der Waals surface area contributed by atoms with Gasteiger partial charge in [0.15, 0.2) is 5.58 Å². The van der Waals surface area contributed by atoms with Gasteiger partial charge in [0.25, 0.3) is 0 Å². The van der Waals surface area contributed by atoms with Crippen LogP contribution in [0.1, 0.15) is 20.3 Å². The first kappa shape index (κ1) is 18.2. The van der Waals surface area contributed by atoms with Crippen molar-refractivity contribution in [2.24, 2.45) is 11.7 Å². The standard InChI is InChI=1S/C17H26N4O3/c1-11(2)9-13(18)16(22)19-12-5-6-15-14(10-12)21(17(23)24-15)8-7-20(3)4/h5-6,10-11,13H,7-9,18H2,1-4H3,(H,19,22)/t13-/m0/s1. The second-order valence-electron chi connectivity index (χ2n) is 6.73. The van der Waals surface area contributed by atoms with Gasteiger partial charge in [-0.3, -0.25) is 9.36 Å². The van der Waals surface area contributed by atoms with E-state index in [0.29, 0.717) is 42.2 Å². The maximum absolute atomic E-state index is 12.2. The van der Waals surface area contributed by atoms with E-state index < -0.39 is 11.8 Å². The number of carbonyl (C=O) groups is 1. The Morgan fingerprint density at radius 3 is 2.71 bits per heavy atom. The number of hydrogen-bond acceptors (Lipinski definition) is 5. The van der Waals surface area contributed by atoms with Gasteiger partial charge in [0.05, 0.1) is 11.6 Å². The Morgan fingerprint density at radius 1 is 1.38 bits per heavy atom. The van der Waals surface area contributed by atoms with Gasteiger partial charge in [0.1, 0.15) is 0 Å². The Kier molecular flexibility index (Phi) is 5.80. The number of rotatable bonds is 7. The second-order valence-corrected chi connectivity index (χ2v) is 6.73. The number of benzene rings is 1. The highest BCUT2D eigenvalue weighted by atomic mass is 16.4. The van der Waals surface area contributed by atoms with E-state index >= 15 is 0 Å². The van der Waals surface area contributed by atoms with Gasteiger partial charge in [-0.25, -0.2) is 4.79 Å². The summed E-state index contributed by atoms with van der Waals surface area (Å²) in [6, 6.07) is 4.59. The minimum Gasteiger partial charge on any atom is -0.408 e. The molecule has 0 spiro atoms. The molecule has 3 N–H and O–H groups in total. The van der Waals surface area contributed by atoms with Gasteiger partial charge in [-0.05, 0) is 44.6 Å². The Labute approximate surface area is 141 Å². The summed E-state index contributed by atoms with van der Waals surface area (Å²) in [5.74, 6) is -0.279. The van der Waals surface area contributed by atoms with Gasteiger partial charge in [-0.15, -0.1) is 0 Å². The van der Waals surface area contributed by atoms with E-state index in [4.69, 9.17) is 10.2 Å². The first-order valence-electron chi connectivity index (χ1n) is 8.12. The van der Waals surface area contributed by atoms with Crippen molar-refractivity contribution in [3.63, 3.8) is 0 Å². The van der Waals surface area contributed by atoms with E-state index in [2.05, 4.69) is 5.32 Å². The molecule has 1 atom stereocenters. The number of likely N-dealkylation sites (N-methyl/N-ethyl adjacent to an activating group) is 1. The predicted molar refractivity (Wildman–Crippen MR) is 95.1 cm³/mol. The zero-order valence-electron chi connectivity index (χ0n) is 14.7. The number of nitrogens with two attached hydrogens (primary N) is 1. The van der Waals surface area contributed by atoms with Crippen LogP contribution in [0.25, 0.3) is 11.1 Å². The fraction of sp³-hybridized carbons (Fsp3) is 0.529. The van der Waals surface area contributed by atoms with Crippen molar-refractivity contribution in [2.75, 3.05) is 26.0 Å². The lowest BCUT2D eigenvalue weighted by atomic mass is 10.0. The molecule has 0 fully saturated rings.